The maximum atomic E-state index is 5.19. The summed E-state index contributed by atoms with van der Waals surface area (Å²) in [6, 6.07) is 0. The molecule has 0 aromatic rings. The van der Waals surface area contributed by atoms with Gasteiger partial charge in [-0.3, -0.25) is 0 Å². The molecule has 7 heavy (non-hydrogen) atoms. The van der Waals surface area contributed by atoms with Gasteiger partial charge in [-0.05, 0) is 0 Å². The third kappa shape index (κ3) is 1.26. The first-order valence-corrected chi connectivity index (χ1v) is 4.66. The van der Waals surface area contributed by atoms with Gasteiger partial charge in [0.15, 0.2) is 9.76 Å². The predicted molar refractivity (Wildman–Crippen MR) is 29.8 cm³/mol. The topological polar surface area (TPSA) is 18.5 Å². The minimum absolute atomic E-state index is 0.191. The third-order valence-corrected chi connectivity index (χ3v) is 1.71. The van der Waals surface area contributed by atoms with Gasteiger partial charge in [-0.25, -0.2) is 0 Å². The number of hydrogen-bond donors (Lipinski definition) is 0. The molecule has 0 amide bonds. The van der Waals surface area contributed by atoms with Crippen molar-refractivity contribution in [2.45, 2.75) is 19.3 Å². The van der Waals surface area contributed by atoms with Crippen LogP contribution in [0.2, 0.25) is 6.55 Å². The molecule has 0 spiro atoms. The minimum atomic E-state index is -0.218. The molecule has 0 aromatic carbocycles. The molecule has 0 radical (unpaired) electrons. The molecule has 0 saturated carbocycles. The molecule has 1 fully saturated rings. The Morgan fingerprint density at radius 3 is 2.71 bits per heavy atom. The van der Waals surface area contributed by atoms with Gasteiger partial charge in [-0.15, -0.1) is 0 Å². The van der Waals surface area contributed by atoms with Crippen LogP contribution < -0.4 is 0 Å². The van der Waals surface area contributed by atoms with Crippen LogP contribution in [0.25, 0.3) is 0 Å². The second kappa shape index (κ2) is 2.45. The van der Waals surface area contributed by atoms with Gasteiger partial charge in [-0.2, -0.15) is 0 Å². The molecule has 1 saturated heterocycles. The van der Waals surface area contributed by atoms with Crippen molar-refractivity contribution in [3.63, 3.8) is 0 Å². The van der Waals surface area contributed by atoms with Gasteiger partial charge in [0, 0.05) is 6.42 Å². The van der Waals surface area contributed by atoms with E-state index in [4.69, 9.17) is 9.16 Å². The first-order chi connectivity index (χ1) is 3.43. The van der Waals surface area contributed by atoms with Crippen LogP contribution in [0.1, 0.15) is 6.42 Å². The molecule has 1 atom stereocenters. The van der Waals surface area contributed by atoms with Crippen LogP contribution in [0.4, 0.5) is 0 Å². The Bertz CT molecular complexity index is 53.7. The van der Waals surface area contributed by atoms with E-state index in [1.54, 1.807) is 0 Å². The number of rotatable bonds is 2. The molecule has 1 aliphatic rings. The Balaban J connectivity index is 1.93. The molecule has 1 unspecified atom stereocenters. The van der Waals surface area contributed by atoms with Crippen LogP contribution >= 0.6 is 0 Å². The largest absolute Gasteiger partial charge is 0.400 e. The molecule has 1 aliphatic heterocycles. The Morgan fingerprint density at radius 2 is 2.57 bits per heavy atom. The SMILES string of the molecule is C[SiH2]OC1CCO1. The van der Waals surface area contributed by atoms with E-state index < -0.39 is 0 Å². The summed E-state index contributed by atoms with van der Waals surface area (Å²) in [4.78, 5) is 0. The standard InChI is InChI=1S/C4H10O2Si/c1-7-6-4-2-3-5-4/h4H,2-3,7H2,1H3. The van der Waals surface area contributed by atoms with Gasteiger partial charge in [0.1, 0.15) is 6.29 Å². The zero-order valence-electron chi connectivity index (χ0n) is 4.52. The number of ether oxygens (including phenoxy) is 1. The van der Waals surface area contributed by atoms with Crippen molar-refractivity contribution in [2.24, 2.45) is 0 Å². The maximum absolute atomic E-state index is 5.19. The van der Waals surface area contributed by atoms with Crippen molar-refractivity contribution in [3.05, 3.63) is 0 Å². The second-order valence-electron chi connectivity index (χ2n) is 1.54. The highest BCUT2D eigenvalue weighted by atomic mass is 28.2. The highest BCUT2D eigenvalue weighted by Crippen LogP contribution is 2.10. The van der Waals surface area contributed by atoms with Crippen molar-refractivity contribution in [1.82, 2.24) is 0 Å². The van der Waals surface area contributed by atoms with Crippen LogP contribution in [-0.4, -0.2) is 22.7 Å². The summed E-state index contributed by atoms with van der Waals surface area (Å²) in [6.45, 7) is 3.01. The van der Waals surface area contributed by atoms with E-state index in [0.717, 1.165) is 13.0 Å². The predicted octanol–water partition coefficient (Wildman–Crippen LogP) is -0.119. The van der Waals surface area contributed by atoms with E-state index >= 15 is 0 Å². The fourth-order valence-electron chi connectivity index (χ4n) is 0.531. The first-order valence-electron chi connectivity index (χ1n) is 2.66. The Hall–Kier alpha value is 0.137. The molecular weight excluding hydrogens is 108 g/mol. The summed E-state index contributed by atoms with van der Waals surface area (Å²) in [7, 11) is -0.218. The molecule has 1 heterocycles. The van der Waals surface area contributed by atoms with Crippen molar-refractivity contribution in [1.29, 1.82) is 0 Å². The zero-order chi connectivity index (χ0) is 5.11. The molecule has 0 aliphatic carbocycles. The molecule has 42 valence electrons. The average Bonchev–Trinajstić information content (AvgIpc) is 1.55. The van der Waals surface area contributed by atoms with Gasteiger partial charge in [0.2, 0.25) is 0 Å². The molecule has 0 aromatic heterocycles. The monoisotopic (exact) mass is 118 g/mol. The van der Waals surface area contributed by atoms with Gasteiger partial charge in [-0.1, -0.05) is 6.55 Å². The van der Waals surface area contributed by atoms with E-state index in [1.807, 2.05) is 0 Å². The quantitative estimate of drug-likeness (QED) is 0.471. The fourth-order valence-corrected chi connectivity index (χ4v) is 1.17. The molecule has 0 N–H and O–H groups in total. The van der Waals surface area contributed by atoms with Gasteiger partial charge < -0.3 is 9.16 Å². The lowest BCUT2D eigenvalue weighted by Gasteiger charge is -2.25. The normalized spacial score (nSPS) is 31.3. The van der Waals surface area contributed by atoms with Crippen LogP contribution in [-0.2, 0) is 9.16 Å². The summed E-state index contributed by atoms with van der Waals surface area (Å²) < 4.78 is 10.2. The second-order valence-corrected chi connectivity index (χ2v) is 2.46. The summed E-state index contributed by atoms with van der Waals surface area (Å²) in [5, 5.41) is 0. The lowest BCUT2D eigenvalue weighted by atomic mass is 10.4. The van der Waals surface area contributed by atoms with Crippen molar-refractivity contribution in [2.75, 3.05) is 6.61 Å². The summed E-state index contributed by atoms with van der Waals surface area (Å²) in [5.74, 6) is 0. The van der Waals surface area contributed by atoms with Gasteiger partial charge in [0.05, 0.1) is 6.61 Å². The van der Waals surface area contributed by atoms with E-state index in [-0.39, 0.29) is 16.1 Å². The van der Waals surface area contributed by atoms with Crippen molar-refractivity contribution >= 4 is 9.76 Å². The minimum Gasteiger partial charge on any atom is -0.400 e. The highest BCUT2D eigenvalue weighted by Gasteiger charge is 2.16. The van der Waals surface area contributed by atoms with Crippen LogP contribution in [0.5, 0.6) is 0 Å². The van der Waals surface area contributed by atoms with Crippen molar-refractivity contribution in [3.8, 4) is 0 Å². The van der Waals surface area contributed by atoms with E-state index in [9.17, 15) is 0 Å². The van der Waals surface area contributed by atoms with Crippen LogP contribution in [0.15, 0.2) is 0 Å². The fraction of sp³-hybridized carbons (Fsp3) is 1.00. The molecular formula is C4H10O2Si. The zero-order valence-corrected chi connectivity index (χ0v) is 5.93. The average molecular weight is 118 g/mol. The lowest BCUT2D eigenvalue weighted by Crippen LogP contribution is -2.30. The summed E-state index contributed by atoms with van der Waals surface area (Å²) in [6.07, 6.45) is 1.30. The smallest absolute Gasteiger partial charge is 0.161 e. The third-order valence-electron chi connectivity index (χ3n) is 1.01. The Kier molecular flexibility index (Phi) is 1.84. The maximum Gasteiger partial charge on any atom is 0.161 e. The van der Waals surface area contributed by atoms with E-state index in [1.165, 1.54) is 0 Å². The number of hydrogen-bond acceptors (Lipinski definition) is 2. The Labute approximate surface area is 45.8 Å². The van der Waals surface area contributed by atoms with Crippen LogP contribution in [0.3, 0.4) is 0 Å². The molecule has 0 bridgehead atoms. The van der Waals surface area contributed by atoms with Crippen LogP contribution in [0, 0.1) is 0 Å². The molecule has 2 nitrogen and oxygen atoms in total. The first kappa shape index (κ1) is 5.28. The summed E-state index contributed by atoms with van der Waals surface area (Å²) in [5.41, 5.74) is 0. The molecule has 1 rings (SSSR count). The van der Waals surface area contributed by atoms with Gasteiger partial charge in [0.25, 0.3) is 0 Å². The summed E-state index contributed by atoms with van der Waals surface area (Å²) >= 11 is 0. The van der Waals surface area contributed by atoms with E-state index in [0.29, 0.717) is 0 Å². The lowest BCUT2D eigenvalue weighted by molar-refractivity contribution is -0.165. The highest BCUT2D eigenvalue weighted by molar-refractivity contribution is 6.24. The van der Waals surface area contributed by atoms with Gasteiger partial charge >= 0.3 is 0 Å². The van der Waals surface area contributed by atoms with E-state index in [2.05, 4.69) is 6.55 Å². The Morgan fingerprint density at radius 1 is 1.86 bits per heavy atom. The van der Waals surface area contributed by atoms with Crippen molar-refractivity contribution < 1.29 is 9.16 Å². The molecule has 3 heteroatoms.